The Morgan fingerprint density at radius 3 is 0.867 bits per heavy atom. The maximum Gasteiger partial charge on any atom is 0.306 e. The topological polar surface area (TPSA) is 111 Å². The van der Waals surface area contributed by atoms with Crippen LogP contribution in [0, 0.1) is 0 Å². The van der Waals surface area contributed by atoms with Crippen LogP contribution >= 0.6 is 7.82 Å². The minimum absolute atomic E-state index is 0.0402. The predicted molar refractivity (Wildman–Crippen MR) is 424 cm³/mol. The van der Waals surface area contributed by atoms with E-state index in [0.29, 0.717) is 17.4 Å². The van der Waals surface area contributed by atoms with Crippen molar-refractivity contribution in [2.75, 3.05) is 47.5 Å². The van der Waals surface area contributed by atoms with Crippen molar-refractivity contribution >= 4 is 19.8 Å². The van der Waals surface area contributed by atoms with Crippen LogP contribution in [0.25, 0.3) is 0 Å². The number of likely N-dealkylation sites (N-methyl/N-ethyl adjacent to an activating group) is 1. The van der Waals surface area contributed by atoms with E-state index in [1.807, 2.05) is 21.1 Å². The van der Waals surface area contributed by atoms with E-state index in [1.54, 1.807) is 0 Å². The molecule has 10 heteroatoms. The van der Waals surface area contributed by atoms with Crippen LogP contribution < -0.4 is 4.89 Å². The summed E-state index contributed by atoms with van der Waals surface area (Å²) in [5.41, 5.74) is 0. The molecule has 0 heterocycles. The number of carbonyl (C=O) groups is 2. The Morgan fingerprint density at radius 2 is 0.582 bits per heavy atom. The van der Waals surface area contributed by atoms with Crippen molar-refractivity contribution in [3.63, 3.8) is 0 Å². The summed E-state index contributed by atoms with van der Waals surface area (Å²) < 4.78 is 34.4. The Balaban J connectivity index is 4.04. The standard InChI is InChI=1S/C88H150NO8P/c1-6-8-10-12-14-16-18-20-22-24-26-28-30-32-34-36-38-40-42-44-46-48-50-52-54-56-58-60-62-64-66-68-70-72-74-76-78-80-87(90)94-84-86(85-96-98(92,93)95-83-82-89(3,4)5)97-88(91)81-79-77-75-73-71-69-67-65-63-61-59-57-55-53-51-49-47-45-43-41-39-37-35-33-31-29-27-25-23-21-19-17-15-13-11-9-7-2/h9,11,15,17-18,20-21,23-24,26-27,29-30,32-33,35,39,41,45,47,51,53,57,59,63,65,86H,6-8,10,12-14,16,19,22,25,28,31,34,36-38,40,42-44,46,48-50,52,54-56,58,60-62,64,66-85H2,1-5H3/b11-9-,17-15-,20-18-,23-21-,26-24-,29-27-,32-30-,35-33-,41-39-,47-45-,53-51-,59-57-,65-63-. The molecule has 0 aromatic heterocycles. The van der Waals surface area contributed by atoms with Gasteiger partial charge in [0.25, 0.3) is 7.82 Å². The fourth-order valence-electron chi connectivity index (χ4n) is 10.9. The molecule has 0 radical (unpaired) electrons. The predicted octanol–water partition coefficient (Wildman–Crippen LogP) is 26.4. The number of phosphoric ester groups is 1. The Hall–Kier alpha value is -4.37. The Kier molecular flexibility index (Phi) is 73.4. The molecule has 0 rings (SSSR count). The van der Waals surface area contributed by atoms with Gasteiger partial charge in [0.15, 0.2) is 6.10 Å². The molecule has 0 saturated heterocycles. The number of rotatable bonds is 73. The first kappa shape index (κ1) is 93.6. The maximum absolute atomic E-state index is 12.9. The van der Waals surface area contributed by atoms with Gasteiger partial charge in [-0.2, -0.15) is 0 Å². The highest BCUT2D eigenvalue weighted by molar-refractivity contribution is 7.45. The van der Waals surface area contributed by atoms with Crippen LogP contribution in [0.4, 0.5) is 0 Å². The van der Waals surface area contributed by atoms with E-state index in [2.05, 4.69) is 172 Å². The number of allylic oxidation sites excluding steroid dienone is 26. The molecule has 9 nitrogen and oxygen atoms in total. The second-order valence-electron chi connectivity index (χ2n) is 27.7. The first-order valence-corrected chi connectivity index (χ1v) is 41.7. The van der Waals surface area contributed by atoms with Crippen LogP contribution in [0.15, 0.2) is 158 Å². The van der Waals surface area contributed by atoms with Gasteiger partial charge in [-0.3, -0.25) is 14.2 Å². The van der Waals surface area contributed by atoms with Gasteiger partial charge in [0, 0.05) is 12.8 Å². The lowest BCUT2D eigenvalue weighted by atomic mass is 10.0. The third kappa shape index (κ3) is 80.6. The molecule has 0 aromatic rings. The van der Waals surface area contributed by atoms with Crippen LogP contribution in [-0.2, 0) is 32.7 Å². The van der Waals surface area contributed by atoms with Gasteiger partial charge in [-0.15, -0.1) is 0 Å². The largest absolute Gasteiger partial charge is 0.756 e. The van der Waals surface area contributed by atoms with Crippen LogP contribution in [0.3, 0.4) is 0 Å². The van der Waals surface area contributed by atoms with E-state index < -0.39 is 26.5 Å². The average Bonchev–Trinajstić information content (AvgIpc) is 1.08. The Bertz CT molecular complexity index is 2220. The lowest BCUT2D eigenvalue weighted by Gasteiger charge is -2.28. The molecule has 2 unspecified atom stereocenters. The quantitative estimate of drug-likeness (QED) is 0.0195. The van der Waals surface area contributed by atoms with Crippen molar-refractivity contribution in [2.24, 2.45) is 0 Å². The van der Waals surface area contributed by atoms with Gasteiger partial charge in [-0.25, -0.2) is 0 Å². The highest BCUT2D eigenvalue weighted by atomic mass is 31.2. The molecule has 0 bridgehead atoms. The number of carbonyl (C=O) groups excluding carboxylic acids is 2. The number of phosphoric acid groups is 1. The van der Waals surface area contributed by atoms with Crippen LogP contribution in [0.1, 0.15) is 335 Å². The molecule has 0 aliphatic carbocycles. The molecular weight excluding hydrogens is 1230 g/mol. The van der Waals surface area contributed by atoms with Gasteiger partial charge in [-0.1, -0.05) is 352 Å². The van der Waals surface area contributed by atoms with E-state index in [9.17, 15) is 19.0 Å². The van der Waals surface area contributed by atoms with Crippen molar-refractivity contribution < 1.29 is 42.1 Å². The average molecular weight is 1380 g/mol. The van der Waals surface area contributed by atoms with Crippen molar-refractivity contribution in [2.45, 2.75) is 341 Å². The zero-order valence-electron chi connectivity index (χ0n) is 63.9. The number of quaternary nitrogens is 1. The molecule has 0 aliphatic rings. The van der Waals surface area contributed by atoms with Crippen molar-refractivity contribution in [3.05, 3.63) is 158 Å². The number of hydrogen-bond acceptors (Lipinski definition) is 8. The first-order valence-electron chi connectivity index (χ1n) is 40.2. The van der Waals surface area contributed by atoms with Crippen LogP contribution in [-0.4, -0.2) is 70.0 Å². The zero-order valence-corrected chi connectivity index (χ0v) is 64.8. The van der Waals surface area contributed by atoms with Gasteiger partial charge in [0.1, 0.15) is 19.8 Å². The molecule has 560 valence electrons. The summed E-state index contributed by atoms with van der Waals surface area (Å²) in [6, 6.07) is 0. The molecule has 0 spiro atoms. The van der Waals surface area contributed by atoms with Gasteiger partial charge in [-0.05, 0) is 128 Å². The number of ether oxygens (including phenoxy) is 2. The number of esters is 2. The highest BCUT2D eigenvalue weighted by Gasteiger charge is 2.22. The maximum atomic E-state index is 12.9. The summed E-state index contributed by atoms with van der Waals surface area (Å²) in [6.45, 7) is 4.11. The third-order valence-electron chi connectivity index (χ3n) is 17.0. The van der Waals surface area contributed by atoms with E-state index in [0.717, 1.165) is 135 Å². The molecule has 0 N–H and O–H groups in total. The molecular formula is C88H150NO8P. The van der Waals surface area contributed by atoms with E-state index >= 15 is 0 Å². The summed E-state index contributed by atoms with van der Waals surface area (Å²) in [5.74, 6) is -0.848. The number of hydrogen-bond donors (Lipinski definition) is 0. The Morgan fingerprint density at radius 1 is 0.327 bits per heavy atom. The Labute approximate surface area is 605 Å². The minimum atomic E-state index is -4.66. The summed E-state index contributed by atoms with van der Waals surface area (Å²) >= 11 is 0. The molecule has 0 aliphatic heterocycles. The smallest absolute Gasteiger partial charge is 0.306 e. The van der Waals surface area contributed by atoms with E-state index in [-0.39, 0.29) is 32.0 Å². The normalized spacial score (nSPS) is 13.9. The molecule has 98 heavy (non-hydrogen) atoms. The van der Waals surface area contributed by atoms with Crippen LogP contribution in [0.5, 0.6) is 0 Å². The second kappa shape index (κ2) is 76.8. The van der Waals surface area contributed by atoms with Crippen molar-refractivity contribution in [3.8, 4) is 0 Å². The van der Waals surface area contributed by atoms with Crippen LogP contribution in [0.2, 0.25) is 0 Å². The zero-order chi connectivity index (χ0) is 71.1. The summed E-state index contributed by atoms with van der Waals surface area (Å²) in [5, 5.41) is 0. The summed E-state index contributed by atoms with van der Waals surface area (Å²) in [4.78, 5) is 38.2. The lowest BCUT2D eigenvalue weighted by Crippen LogP contribution is -2.37. The molecule has 0 amide bonds. The van der Waals surface area contributed by atoms with Gasteiger partial charge >= 0.3 is 11.9 Å². The van der Waals surface area contributed by atoms with Crippen molar-refractivity contribution in [1.29, 1.82) is 0 Å². The van der Waals surface area contributed by atoms with Gasteiger partial charge < -0.3 is 27.9 Å². The molecule has 2 atom stereocenters. The van der Waals surface area contributed by atoms with E-state index in [4.69, 9.17) is 18.5 Å². The fourth-order valence-corrected chi connectivity index (χ4v) is 11.7. The minimum Gasteiger partial charge on any atom is -0.756 e. The van der Waals surface area contributed by atoms with Gasteiger partial charge in [0.05, 0.1) is 27.7 Å². The van der Waals surface area contributed by atoms with Crippen molar-refractivity contribution in [1.82, 2.24) is 0 Å². The second-order valence-corrected chi connectivity index (χ2v) is 29.1. The number of nitrogens with zero attached hydrogens (tertiary/aromatic N) is 1. The molecule has 0 saturated carbocycles. The summed E-state index contributed by atoms with van der Waals surface area (Å²) in [7, 11) is 1.15. The fraction of sp³-hybridized carbons (Fsp3) is 0.682. The lowest BCUT2D eigenvalue weighted by molar-refractivity contribution is -0.870. The molecule has 0 fully saturated rings. The molecule has 0 aromatic carbocycles. The highest BCUT2D eigenvalue weighted by Crippen LogP contribution is 2.38. The summed E-state index contributed by atoms with van der Waals surface area (Å²) in [6.07, 6.45) is 115. The SMILES string of the molecule is CC/C=C\C/C=C\C/C=C\C/C=C\C/C=C\C/C=C\C/C=C\C/C=C\C/C=C\C/C=C\CCCCCCCCC(=O)OC(COC(=O)CCCCCCCCCCCCCCCCCCCCCCCC/C=C\C/C=C\C/C=C\CCCCCCC)COP(=O)([O-])OCC[N+](C)(C)C. The van der Waals surface area contributed by atoms with E-state index in [1.165, 1.54) is 167 Å². The third-order valence-corrected chi connectivity index (χ3v) is 18.0. The first-order chi connectivity index (χ1) is 48.0. The van der Waals surface area contributed by atoms with Gasteiger partial charge in [0.2, 0.25) is 0 Å². The monoisotopic (exact) mass is 1380 g/mol. The number of unbranched alkanes of at least 4 members (excludes halogenated alkanes) is 33.